The van der Waals surface area contributed by atoms with Crippen LogP contribution in [-0.4, -0.2) is 15.9 Å². The van der Waals surface area contributed by atoms with Gasteiger partial charge >= 0.3 is 0 Å². The van der Waals surface area contributed by atoms with E-state index in [-0.39, 0.29) is 5.91 Å². The zero-order valence-corrected chi connectivity index (χ0v) is 20.5. The third kappa shape index (κ3) is 6.46. The number of thioether (sulfide) groups is 1. The second-order valence-corrected chi connectivity index (χ2v) is 9.93. The van der Waals surface area contributed by atoms with Gasteiger partial charge in [-0.25, -0.2) is 9.97 Å². The molecular weight excluding hydrogens is 446 g/mol. The first-order valence-corrected chi connectivity index (χ1v) is 12.4. The number of benzene rings is 3. The van der Waals surface area contributed by atoms with Gasteiger partial charge in [-0.2, -0.15) is 0 Å². The summed E-state index contributed by atoms with van der Waals surface area (Å²) in [6.07, 6.45) is 1.75. The maximum absolute atomic E-state index is 13.2. The van der Waals surface area contributed by atoms with E-state index in [2.05, 4.69) is 65.5 Å². The number of aromatic nitrogens is 2. The minimum Gasteiger partial charge on any atom is -0.321 e. The molecule has 1 heterocycles. The number of hydrogen-bond donors (Lipinski definition) is 1. The van der Waals surface area contributed by atoms with Crippen molar-refractivity contribution in [2.75, 3.05) is 5.32 Å². The highest BCUT2D eigenvalue weighted by Crippen LogP contribution is 2.31. The molecule has 0 aliphatic carbocycles. The Balaban J connectivity index is 1.58. The van der Waals surface area contributed by atoms with Crippen LogP contribution in [0.1, 0.15) is 32.7 Å². The van der Waals surface area contributed by atoms with E-state index in [0.29, 0.717) is 10.9 Å². The minimum atomic E-state index is -0.243. The van der Waals surface area contributed by atoms with E-state index >= 15 is 0 Å². The summed E-state index contributed by atoms with van der Waals surface area (Å²) in [6, 6.07) is 24.3. The van der Waals surface area contributed by atoms with Crippen LogP contribution < -0.4 is 5.32 Å². The van der Waals surface area contributed by atoms with E-state index in [9.17, 15) is 4.79 Å². The zero-order chi connectivity index (χ0) is 23.2. The van der Waals surface area contributed by atoms with Gasteiger partial charge in [0.25, 0.3) is 5.91 Å². The highest BCUT2D eigenvalue weighted by molar-refractivity contribution is 7.99. The maximum Gasteiger partial charge on any atom is 0.275 e. The lowest BCUT2D eigenvalue weighted by Gasteiger charge is -2.11. The normalized spacial score (nSPS) is 10.8. The number of amides is 1. The fraction of sp³-hybridized carbons (Fsp3) is 0.148. The van der Waals surface area contributed by atoms with Crippen LogP contribution in [0.2, 0.25) is 0 Å². The van der Waals surface area contributed by atoms with Crippen molar-refractivity contribution in [3.63, 3.8) is 0 Å². The van der Waals surface area contributed by atoms with Crippen LogP contribution in [0.5, 0.6) is 0 Å². The van der Waals surface area contributed by atoms with Gasteiger partial charge < -0.3 is 5.32 Å². The molecule has 0 saturated carbocycles. The summed E-state index contributed by atoms with van der Waals surface area (Å²) < 4.78 is 0. The third-order valence-corrected chi connectivity index (χ3v) is 6.95. The van der Waals surface area contributed by atoms with Crippen molar-refractivity contribution in [2.24, 2.45) is 0 Å². The molecule has 0 atom stereocenters. The molecule has 0 fully saturated rings. The molecule has 33 heavy (non-hydrogen) atoms. The van der Waals surface area contributed by atoms with Crippen molar-refractivity contribution in [1.29, 1.82) is 0 Å². The van der Waals surface area contributed by atoms with Crippen molar-refractivity contribution in [3.05, 3.63) is 107 Å². The van der Waals surface area contributed by atoms with Gasteiger partial charge in [0.05, 0.1) is 4.90 Å². The lowest BCUT2D eigenvalue weighted by molar-refractivity contribution is 0.101. The molecule has 4 aromatic rings. The molecule has 4 rings (SSSR count). The Morgan fingerprint density at radius 1 is 0.818 bits per heavy atom. The SMILES string of the molecule is Cc1ccc(CSc2ncc(Sc3ccc(C)cc3)c(C(=O)Nc3ccc(C)cc3)n2)cc1. The van der Waals surface area contributed by atoms with Crippen LogP contribution in [0.3, 0.4) is 0 Å². The molecule has 0 bridgehead atoms. The van der Waals surface area contributed by atoms with Gasteiger partial charge in [0.2, 0.25) is 0 Å². The average molecular weight is 472 g/mol. The zero-order valence-electron chi connectivity index (χ0n) is 18.8. The lowest BCUT2D eigenvalue weighted by atomic mass is 10.2. The summed E-state index contributed by atoms with van der Waals surface area (Å²) >= 11 is 3.02. The maximum atomic E-state index is 13.2. The molecule has 0 aliphatic heterocycles. The predicted octanol–water partition coefficient (Wildman–Crippen LogP) is 7.10. The standard InChI is InChI=1S/C27H25N3OS2/c1-18-4-10-21(11-5-18)17-32-27-28-16-24(33-23-14-8-20(3)9-15-23)25(30-27)26(31)29-22-12-6-19(2)7-13-22/h4-16H,17H2,1-3H3,(H,29,31). The molecule has 1 aromatic heterocycles. The second-order valence-electron chi connectivity index (χ2n) is 7.87. The van der Waals surface area contributed by atoms with Crippen LogP contribution >= 0.6 is 23.5 Å². The molecule has 1 N–H and O–H groups in total. The number of nitrogens with zero attached hydrogens (tertiary/aromatic N) is 2. The third-order valence-electron chi connectivity index (χ3n) is 4.99. The first-order chi connectivity index (χ1) is 16.0. The highest BCUT2D eigenvalue weighted by atomic mass is 32.2. The van der Waals surface area contributed by atoms with Gasteiger partial charge in [0.15, 0.2) is 5.16 Å². The number of carbonyl (C=O) groups excluding carboxylic acids is 1. The van der Waals surface area contributed by atoms with E-state index in [1.54, 1.807) is 6.20 Å². The van der Waals surface area contributed by atoms with Crippen LogP contribution in [0.15, 0.2) is 93.9 Å². The quantitative estimate of drug-likeness (QED) is 0.230. The van der Waals surface area contributed by atoms with Gasteiger partial charge in [-0.1, -0.05) is 88.7 Å². The van der Waals surface area contributed by atoms with E-state index in [1.165, 1.54) is 40.2 Å². The molecule has 6 heteroatoms. The Bertz CT molecular complexity index is 1240. The molecule has 0 saturated heterocycles. The van der Waals surface area contributed by atoms with Crippen LogP contribution in [0.25, 0.3) is 0 Å². The molecule has 4 nitrogen and oxygen atoms in total. The number of aryl methyl sites for hydroxylation is 3. The molecule has 1 amide bonds. The van der Waals surface area contributed by atoms with Crippen molar-refractivity contribution < 1.29 is 4.79 Å². The number of rotatable bonds is 7. The van der Waals surface area contributed by atoms with Gasteiger partial charge in [-0.3, -0.25) is 4.79 Å². The molecule has 0 radical (unpaired) electrons. The molecule has 0 unspecified atom stereocenters. The minimum absolute atomic E-state index is 0.243. The smallest absolute Gasteiger partial charge is 0.275 e. The Hall–Kier alpha value is -3.09. The Morgan fingerprint density at radius 2 is 1.39 bits per heavy atom. The summed E-state index contributed by atoms with van der Waals surface area (Å²) in [5.74, 6) is 0.497. The van der Waals surface area contributed by atoms with E-state index in [4.69, 9.17) is 0 Å². The number of nitrogens with one attached hydrogen (secondary N) is 1. The number of anilines is 1. The topological polar surface area (TPSA) is 54.9 Å². The lowest BCUT2D eigenvalue weighted by Crippen LogP contribution is -2.16. The van der Waals surface area contributed by atoms with Crippen molar-refractivity contribution in [3.8, 4) is 0 Å². The molecule has 0 spiro atoms. The number of hydrogen-bond acceptors (Lipinski definition) is 5. The van der Waals surface area contributed by atoms with Crippen molar-refractivity contribution in [1.82, 2.24) is 9.97 Å². The average Bonchev–Trinajstić information content (AvgIpc) is 2.82. The van der Waals surface area contributed by atoms with Gasteiger partial charge in [-0.15, -0.1) is 0 Å². The monoisotopic (exact) mass is 471 g/mol. The fourth-order valence-electron chi connectivity index (χ4n) is 3.05. The van der Waals surface area contributed by atoms with Gasteiger partial charge in [0, 0.05) is 22.5 Å². The molecule has 166 valence electrons. The van der Waals surface area contributed by atoms with E-state index in [1.807, 2.05) is 43.3 Å². The van der Waals surface area contributed by atoms with Gasteiger partial charge in [0.1, 0.15) is 5.69 Å². The summed E-state index contributed by atoms with van der Waals surface area (Å²) in [7, 11) is 0. The summed E-state index contributed by atoms with van der Waals surface area (Å²) in [4.78, 5) is 24.2. The van der Waals surface area contributed by atoms with Gasteiger partial charge in [-0.05, 0) is 50.6 Å². The Morgan fingerprint density at radius 3 is 2.03 bits per heavy atom. The largest absolute Gasteiger partial charge is 0.321 e. The summed E-state index contributed by atoms with van der Waals surface area (Å²) in [5.41, 5.74) is 5.87. The molecule has 0 aliphatic rings. The second kappa shape index (κ2) is 10.7. The fourth-order valence-corrected chi connectivity index (χ4v) is 4.69. The van der Waals surface area contributed by atoms with Crippen LogP contribution in [0, 0.1) is 20.8 Å². The summed E-state index contributed by atoms with van der Waals surface area (Å²) in [6.45, 7) is 6.14. The van der Waals surface area contributed by atoms with Crippen molar-refractivity contribution in [2.45, 2.75) is 41.5 Å². The summed E-state index contributed by atoms with van der Waals surface area (Å²) in [5, 5.41) is 3.56. The molecular formula is C27H25N3OS2. The number of carbonyl (C=O) groups is 1. The van der Waals surface area contributed by atoms with E-state index in [0.717, 1.165) is 26.8 Å². The first kappa shape index (κ1) is 23.1. The van der Waals surface area contributed by atoms with Crippen LogP contribution in [-0.2, 0) is 5.75 Å². The first-order valence-electron chi connectivity index (χ1n) is 10.6. The Labute approximate surface area is 203 Å². The van der Waals surface area contributed by atoms with E-state index < -0.39 is 0 Å². The van der Waals surface area contributed by atoms with Crippen molar-refractivity contribution >= 4 is 35.1 Å². The molecule has 3 aromatic carbocycles. The van der Waals surface area contributed by atoms with Crippen LogP contribution in [0.4, 0.5) is 5.69 Å². The predicted molar refractivity (Wildman–Crippen MR) is 137 cm³/mol. The Kier molecular flexibility index (Phi) is 7.47. The highest BCUT2D eigenvalue weighted by Gasteiger charge is 2.17.